The highest BCUT2D eigenvalue weighted by molar-refractivity contribution is 5.84. The summed E-state index contributed by atoms with van der Waals surface area (Å²) in [6, 6.07) is 7.63. The molecule has 3 aliphatic rings. The third-order valence-electron chi connectivity index (χ3n) is 5.63. The molecule has 28 heavy (non-hydrogen) atoms. The van der Waals surface area contributed by atoms with Crippen molar-refractivity contribution in [3.63, 3.8) is 0 Å². The number of anilines is 2. The van der Waals surface area contributed by atoms with Crippen molar-refractivity contribution in [1.82, 2.24) is 19.7 Å². The quantitative estimate of drug-likeness (QED) is 0.728. The maximum atomic E-state index is 14.4. The van der Waals surface area contributed by atoms with E-state index in [1.54, 1.807) is 16.4 Å². The van der Waals surface area contributed by atoms with Crippen LogP contribution in [0.5, 0.6) is 0 Å². The molecule has 142 valence electrons. The molecule has 4 heterocycles. The van der Waals surface area contributed by atoms with Crippen LogP contribution in [0.25, 0.3) is 5.69 Å². The lowest BCUT2D eigenvalue weighted by Crippen LogP contribution is -2.43. The second-order valence-electron chi connectivity index (χ2n) is 7.25. The van der Waals surface area contributed by atoms with Gasteiger partial charge < -0.3 is 9.63 Å². The molecule has 3 aromatic rings. The topological polar surface area (TPSA) is 95.8 Å². The van der Waals surface area contributed by atoms with E-state index in [0.717, 1.165) is 18.4 Å². The summed E-state index contributed by atoms with van der Waals surface area (Å²) in [5.41, 5.74) is 0.472. The molecule has 1 aromatic carbocycles. The molecule has 10 heteroatoms. The van der Waals surface area contributed by atoms with E-state index in [9.17, 15) is 9.50 Å². The molecule has 1 saturated carbocycles. The molecular formula is C18H16FN7O2. The number of fused-ring (bicyclic) bond motifs is 6. The van der Waals surface area contributed by atoms with Crippen molar-refractivity contribution in [3.05, 3.63) is 47.9 Å². The van der Waals surface area contributed by atoms with Crippen LogP contribution in [0.15, 0.2) is 40.0 Å². The Morgan fingerprint density at radius 1 is 1.21 bits per heavy atom. The zero-order valence-corrected chi connectivity index (χ0v) is 14.7. The number of aliphatic imine (C=N–C) groups is 1. The number of hydrogen-bond donors (Lipinski definition) is 1. The second kappa shape index (κ2) is 5.38. The lowest BCUT2D eigenvalue weighted by Gasteiger charge is -2.35. The van der Waals surface area contributed by atoms with Crippen LogP contribution in [0, 0.1) is 6.08 Å². The Labute approximate surface area is 158 Å². The van der Waals surface area contributed by atoms with Gasteiger partial charge in [0.15, 0.2) is 12.0 Å². The van der Waals surface area contributed by atoms with Gasteiger partial charge in [-0.05, 0) is 31.7 Å². The summed E-state index contributed by atoms with van der Waals surface area (Å²) in [6.07, 6.45) is 5.07. The summed E-state index contributed by atoms with van der Waals surface area (Å²) in [4.78, 5) is 12.8. The Balaban J connectivity index is 1.44. The monoisotopic (exact) mass is 381 g/mol. The lowest BCUT2D eigenvalue weighted by molar-refractivity contribution is 0.0328. The average Bonchev–Trinajstić information content (AvgIpc) is 3.47. The molecule has 0 bridgehead atoms. The Morgan fingerprint density at radius 2 is 2.04 bits per heavy atom. The van der Waals surface area contributed by atoms with Crippen molar-refractivity contribution in [2.75, 3.05) is 10.0 Å². The number of imidazole rings is 1. The fourth-order valence-electron chi connectivity index (χ4n) is 4.25. The van der Waals surface area contributed by atoms with Crippen LogP contribution in [0.4, 0.5) is 16.2 Å². The molecule has 1 atom stereocenters. The maximum Gasteiger partial charge on any atom is 0.348 e. The first-order chi connectivity index (χ1) is 13.7. The molecule has 9 nitrogen and oxygen atoms in total. The van der Waals surface area contributed by atoms with E-state index in [-0.39, 0.29) is 11.8 Å². The van der Waals surface area contributed by atoms with E-state index in [0.29, 0.717) is 24.3 Å². The van der Waals surface area contributed by atoms with Crippen molar-refractivity contribution < 1.29 is 14.0 Å². The number of aromatic nitrogens is 4. The maximum absolute atomic E-state index is 14.4. The van der Waals surface area contributed by atoms with Gasteiger partial charge in [-0.15, -0.1) is 0 Å². The summed E-state index contributed by atoms with van der Waals surface area (Å²) in [5.74, 6) is 0.770. The molecule has 0 amide bonds. The zero-order chi connectivity index (χ0) is 18.9. The summed E-state index contributed by atoms with van der Waals surface area (Å²) in [6.45, 7) is 0. The Morgan fingerprint density at radius 3 is 2.89 bits per heavy atom. The van der Waals surface area contributed by atoms with Crippen LogP contribution in [-0.2, 0) is 5.60 Å². The fraction of sp³-hybridized carbons (Fsp3) is 0.333. The fourth-order valence-corrected chi connectivity index (χ4v) is 4.25. The molecule has 1 fully saturated rings. The lowest BCUT2D eigenvalue weighted by atomic mass is 10.0. The van der Waals surface area contributed by atoms with Gasteiger partial charge in [-0.25, -0.2) is 15.0 Å². The minimum absolute atomic E-state index is 0.161. The molecule has 0 radical (unpaired) electrons. The van der Waals surface area contributed by atoms with Crippen LogP contribution in [0.1, 0.15) is 43.2 Å². The van der Waals surface area contributed by atoms with Crippen LogP contribution in [0.3, 0.4) is 0 Å². The second-order valence-corrected chi connectivity index (χ2v) is 7.25. The van der Waals surface area contributed by atoms with Gasteiger partial charge in [-0.2, -0.15) is 14.4 Å². The molecule has 0 spiro atoms. The van der Waals surface area contributed by atoms with Gasteiger partial charge in [0.05, 0.1) is 11.9 Å². The number of halogens is 1. The Kier molecular flexibility index (Phi) is 3.03. The predicted molar refractivity (Wildman–Crippen MR) is 96.4 cm³/mol. The van der Waals surface area contributed by atoms with Gasteiger partial charge in [0.2, 0.25) is 5.82 Å². The normalized spacial score (nSPS) is 21.7. The summed E-state index contributed by atoms with van der Waals surface area (Å²) < 4.78 is 21.3. The number of aliphatic hydroxyl groups is 1. The van der Waals surface area contributed by atoms with E-state index in [1.165, 1.54) is 10.8 Å². The molecule has 1 N–H and O–H groups in total. The van der Waals surface area contributed by atoms with Crippen molar-refractivity contribution in [2.45, 2.75) is 37.5 Å². The summed E-state index contributed by atoms with van der Waals surface area (Å²) in [5, 5.41) is 18.0. The van der Waals surface area contributed by atoms with Crippen molar-refractivity contribution >= 4 is 18.2 Å². The van der Waals surface area contributed by atoms with Crippen LogP contribution in [0.2, 0.25) is 0 Å². The Hall–Kier alpha value is -3.27. The van der Waals surface area contributed by atoms with Gasteiger partial charge in [0, 0.05) is 5.56 Å². The first-order valence-corrected chi connectivity index (χ1v) is 9.16. The first kappa shape index (κ1) is 15.8. The van der Waals surface area contributed by atoms with E-state index in [4.69, 9.17) is 4.52 Å². The van der Waals surface area contributed by atoms with E-state index < -0.39 is 17.8 Å². The van der Waals surface area contributed by atoms with E-state index >= 15 is 0 Å². The van der Waals surface area contributed by atoms with Gasteiger partial charge >= 0.3 is 6.01 Å². The van der Waals surface area contributed by atoms with Gasteiger partial charge in [-0.3, -0.25) is 4.57 Å². The van der Waals surface area contributed by atoms with Crippen molar-refractivity contribution in [1.29, 1.82) is 0 Å². The van der Waals surface area contributed by atoms with Gasteiger partial charge in [0.1, 0.15) is 11.9 Å². The molecule has 2 aromatic heterocycles. The molecule has 1 unspecified atom stereocenters. The molecule has 1 aliphatic carbocycles. The van der Waals surface area contributed by atoms with Gasteiger partial charge in [-0.1, -0.05) is 23.4 Å². The minimum atomic E-state index is -1.06. The van der Waals surface area contributed by atoms with Crippen LogP contribution in [-0.4, -0.2) is 31.1 Å². The minimum Gasteiger partial charge on any atom is -0.382 e. The number of hydrazine groups is 1. The number of para-hydroxylation sites is 1. The molecule has 0 saturated heterocycles. The highest BCUT2D eigenvalue weighted by Crippen LogP contribution is 2.44. The number of hydrogen-bond acceptors (Lipinski definition) is 8. The third kappa shape index (κ3) is 1.97. The largest absolute Gasteiger partial charge is 0.382 e. The van der Waals surface area contributed by atoms with Crippen molar-refractivity contribution in [3.8, 4) is 5.69 Å². The van der Waals surface area contributed by atoms with Crippen LogP contribution >= 0.6 is 0 Å². The Bertz CT molecular complexity index is 1100. The zero-order valence-electron chi connectivity index (χ0n) is 14.7. The number of benzene rings is 1. The number of nitrogens with zero attached hydrogens (tertiary/aromatic N) is 7. The smallest absolute Gasteiger partial charge is 0.348 e. The standard InChI is InChI=1S/C18H16FN7O2/c19-16-20-9-13-25(16)12-6-2-1-5-11(12)14-21-10-24(26(13)14)17-22-15(23-28-17)18(27)7-3-4-8-18/h1-2,5-6,9-10,14,27H,3-4,7-8H2. The highest BCUT2D eigenvalue weighted by atomic mass is 19.1. The predicted octanol–water partition coefficient (Wildman–Crippen LogP) is 2.44. The SMILES string of the molecule is OC1(c2noc(N3C=NC4c5ccccc5-n5c(cnc5F)N43)n2)CCCC1. The molecular weight excluding hydrogens is 365 g/mol. The number of rotatable bonds is 2. The first-order valence-electron chi connectivity index (χ1n) is 9.16. The van der Waals surface area contributed by atoms with E-state index in [2.05, 4.69) is 20.1 Å². The van der Waals surface area contributed by atoms with E-state index in [1.807, 2.05) is 24.3 Å². The average molecular weight is 381 g/mol. The van der Waals surface area contributed by atoms with Crippen LogP contribution < -0.4 is 10.0 Å². The highest BCUT2D eigenvalue weighted by Gasteiger charge is 2.43. The molecule has 2 aliphatic heterocycles. The molecule has 6 rings (SSSR count). The van der Waals surface area contributed by atoms with Crippen molar-refractivity contribution in [2.24, 2.45) is 4.99 Å². The van der Waals surface area contributed by atoms with Gasteiger partial charge in [0.25, 0.3) is 6.08 Å². The summed E-state index contributed by atoms with van der Waals surface area (Å²) in [7, 11) is 0. The third-order valence-corrected chi connectivity index (χ3v) is 5.63. The summed E-state index contributed by atoms with van der Waals surface area (Å²) >= 11 is 0.